The lowest BCUT2D eigenvalue weighted by molar-refractivity contribution is 0.477. The number of benzene rings is 2. The fraction of sp³-hybridized carbons (Fsp3) is 0.200. The number of hydrazone groups is 1. The first kappa shape index (κ1) is 20.0. The van der Waals surface area contributed by atoms with Crippen LogP contribution in [-0.2, 0) is 10.0 Å². The second kappa shape index (κ2) is 8.62. The molecule has 29 heavy (non-hydrogen) atoms. The average Bonchev–Trinajstić information content (AvgIpc) is 3.42. The lowest BCUT2D eigenvalue weighted by atomic mass is 10.2. The molecule has 0 saturated carbocycles. The number of aromatic nitrogens is 1. The van der Waals surface area contributed by atoms with Gasteiger partial charge in [0.25, 0.3) is 0 Å². The molecule has 9 heteroatoms. The van der Waals surface area contributed by atoms with Crippen LogP contribution in [0.1, 0.15) is 18.4 Å². The number of anilines is 1. The number of hydrogen-bond acceptors (Lipinski definition) is 6. The van der Waals surface area contributed by atoms with Gasteiger partial charge >= 0.3 is 0 Å². The largest absolute Gasteiger partial charge is 0.253 e. The van der Waals surface area contributed by atoms with E-state index in [2.05, 4.69) is 15.5 Å². The first-order valence-corrected chi connectivity index (χ1v) is 11.8. The quantitative estimate of drug-likeness (QED) is 0.440. The van der Waals surface area contributed by atoms with Gasteiger partial charge in [-0.05, 0) is 31.0 Å². The highest BCUT2D eigenvalue weighted by molar-refractivity contribution is 7.89. The van der Waals surface area contributed by atoms with Crippen LogP contribution in [0.2, 0.25) is 5.02 Å². The van der Waals surface area contributed by atoms with E-state index in [0.29, 0.717) is 33.8 Å². The van der Waals surface area contributed by atoms with E-state index in [-0.39, 0.29) is 0 Å². The van der Waals surface area contributed by atoms with Crippen LogP contribution in [0.15, 0.2) is 63.9 Å². The minimum atomic E-state index is -3.45. The summed E-state index contributed by atoms with van der Waals surface area (Å²) in [7, 11) is -3.45. The van der Waals surface area contributed by atoms with Crippen molar-refractivity contribution in [2.45, 2.75) is 17.7 Å². The Bertz CT molecular complexity index is 1140. The Labute approximate surface area is 178 Å². The van der Waals surface area contributed by atoms with Crippen molar-refractivity contribution in [3.63, 3.8) is 0 Å². The first-order valence-electron chi connectivity index (χ1n) is 9.14. The molecule has 4 rings (SSSR count). The summed E-state index contributed by atoms with van der Waals surface area (Å²) in [6.07, 6.45) is 3.45. The van der Waals surface area contributed by atoms with Crippen molar-refractivity contribution >= 4 is 44.3 Å². The summed E-state index contributed by atoms with van der Waals surface area (Å²) in [4.78, 5) is 4.81. The Balaban J connectivity index is 1.50. The first-order chi connectivity index (χ1) is 14.0. The molecule has 0 aliphatic carbocycles. The molecule has 6 nitrogen and oxygen atoms in total. The summed E-state index contributed by atoms with van der Waals surface area (Å²) < 4.78 is 27.1. The second-order valence-corrected chi connectivity index (χ2v) is 9.77. The van der Waals surface area contributed by atoms with E-state index in [1.54, 1.807) is 34.8 Å². The van der Waals surface area contributed by atoms with Gasteiger partial charge in [0.05, 0.1) is 16.8 Å². The molecule has 2 heterocycles. The Morgan fingerprint density at radius 1 is 1.14 bits per heavy atom. The highest BCUT2D eigenvalue weighted by atomic mass is 35.5. The smallest absolute Gasteiger partial charge is 0.243 e. The van der Waals surface area contributed by atoms with Crippen molar-refractivity contribution in [1.82, 2.24) is 9.29 Å². The number of thiazole rings is 1. The number of nitrogens with one attached hydrogen (secondary N) is 1. The molecule has 0 amide bonds. The van der Waals surface area contributed by atoms with Gasteiger partial charge < -0.3 is 0 Å². The highest BCUT2D eigenvalue weighted by Gasteiger charge is 2.27. The van der Waals surface area contributed by atoms with Crippen molar-refractivity contribution in [1.29, 1.82) is 0 Å². The zero-order valence-corrected chi connectivity index (χ0v) is 17.8. The molecule has 0 radical (unpaired) electrons. The minimum Gasteiger partial charge on any atom is -0.253 e. The molecule has 1 aliphatic rings. The summed E-state index contributed by atoms with van der Waals surface area (Å²) in [5, 5.41) is 7.27. The molecule has 2 aromatic carbocycles. The molecule has 1 aromatic heterocycles. The Morgan fingerprint density at radius 2 is 1.93 bits per heavy atom. The normalized spacial score (nSPS) is 15.2. The third-order valence-electron chi connectivity index (χ3n) is 4.61. The van der Waals surface area contributed by atoms with E-state index in [9.17, 15) is 8.42 Å². The zero-order chi connectivity index (χ0) is 20.3. The summed E-state index contributed by atoms with van der Waals surface area (Å²) >= 11 is 7.50. The third kappa shape index (κ3) is 4.51. The second-order valence-electron chi connectivity index (χ2n) is 6.57. The van der Waals surface area contributed by atoms with Crippen molar-refractivity contribution in [3.05, 3.63) is 64.5 Å². The molecular weight excluding hydrogens is 428 g/mol. The number of sulfonamides is 1. The topological polar surface area (TPSA) is 74.7 Å². The SMILES string of the molecule is O=S(=O)(c1cccc(-c2csc(N/N=C/c3ccccc3Cl)n2)c1)N1CCCC1. The predicted octanol–water partition coefficient (Wildman–Crippen LogP) is 4.69. The minimum absolute atomic E-state index is 0.302. The highest BCUT2D eigenvalue weighted by Crippen LogP contribution is 2.28. The number of hydrogen-bond donors (Lipinski definition) is 1. The predicted molar refractivity (Wildman–Crippen MR) is 118 cm³/mol. The Kier molecular flexibility index (Phi) is 5.96. The molecule has 1 saturated heterocycles. The van der Waals surface area contributed by atoms with Crippen LogP contribution < -0.4 is 5.43 Å². The number of rotatable bonds is 6. The molecule has 0 bridgehead atoms. The van der Waals surface area contributed by atoms with Crippen molar-refractivity contribution in [2.24, 2.45) is 5.10 Å². The third-order valence-corrected chi connectivity index (χ3v) is 7.59. The van der Waals surface area contributed by atoms with Crippen LogP contribution in [0.4, 0.5) is 5.13 Å². The van der Waals surface area contributed by atoms with Gasteiger partial charge in [-0.15, -0.1) is 11.3 Å². The fourth-order valence-corrected chi connectivity index (χ4v) is 5.50. The van der Waals surface area contributed by atoms with E-state index in [1.165, 1.54) is 11.3 Å². The van der Waals surface area contributed by atoms with Gasteiger partial charge in [-0.1, -0.05) is 41.9 Å². The van der Waals surface area contributed by atoms with Gasteiger partial charge in [0, 0.05) is 34.6 Å². The molecule has 1 fully saturated rings. The molecule has 1 N–H and O–H groups in total. The van der Waals surface area contributed by atoms with Gasteiger partial charge in [-0.25, -0.2) is 13.4 Å². The van der Waals surface area contributed by atoms with Crippen LogP contribution in [-0.4, -0.2) is 37.0 Å². The van der Waals surface area contributed by atoms with Crippen LogP contribution >= 0.6 is 22.9 Å². The van der Waals surface area contributed by atoms with E-state index >= 15 is 0 Å². The maximum absolute atomic E-state index is 12.8. The number of nitrogens with zero attached hydrogens (tertiary/aromatic N) is 3. The number of halogens is 1. The molecule has 0 spiro atoms. The maximum atomic E-state index is 12.8. The van der Waals surface area contributed by atoms with Crippen molar-refractivity contribution < 1.29 is 8.42 Å². The van der Waals surface area contributed by atoms with Gasteiger partial charge in [0.1, 0.15) is 0 Å². The molecule has 1 aliphatic heterocycles. The standard InChI is InChI=1S/C20H19ClN4O2S2/c21-18-9-2-1-6-16(18)13-22-24-20-23-19(14-28-20)15-7-5-8-17(12-15)29(26,27)25-10-3-4-11-25/h1-2,5-9,12-14H,3-4,10-11H2,(H,23,24)/b22-13+. The summed E-state index contributed by atoms with van der Waals surface area (Å²) in [6.45, 7) is 1.17. The Hall–Kier alpha value is -2.26. The summed E-state index contributed by atoms with van der Waals surface area (Å²) in [5.41, 5.74) is 5.15. The van der Waals surface area contributed by atoms with E-state index in [1.807, 2.05) is 29.6 Å². The summed E-state index contributed by atoms with van der Waals surface area (Å²) in [6, 6.07) is 14.3. The zero-order valence-electron chi connectivity index (χ0n) is 15.5. The van der Waals surface area contributed by atoms with Crippen LogP contribution in [0.3, 0.4) is 0 Å². The van der Waals surface area contributed by atoms with E-state index < -0.39 is 10.0 Å². The lowest BCUT2D eigenvalue weighted by Gasteiger charge is -2.15. The molecule has 0 unspecified atom stereocenters. The Morgan fingerprint density at radius 3 is 2.72 bits per heavy atom. The van der Waals surface area contributed by atoms with Gasteiger partial charge in [0.15, 0.2) is 0 Å². The van der Waals surface area contributed by atoms with Crippen molar-refractivity contribution in [2.75, 3.05) is 18.5 Å². The average molecular weight is 447 g/mol. The van der Waals surface area contributed by atoms with Gasteiger partial charge in [0.2, 0.25) is 15.2 Å². The lowest BCUT2D eigenvalue weighted by Crippen LogP contribution is -2.27. The molecule has 0 atom stereocenters. The van der Waals surface area contributed by atoms with E-state index in [0.717, 1.165) is 24.0 Å². The van der Waals surface area contributed by atoms with Crippen LogP contribution in [0.25, 0.3) is 11.3 Å². The van der Waals surface area contributed by atoms with Gasteiger partial charge in [-0.3, -0.25) is 5.43 Å². The van der Waals surface area contributed by atoms with E-state index in [4.69, 9.17) is 11.6 Å². The monoisotopic (exact) mass is 446 g/mol. The fourth-order valence-electron chi connectivity index (χ4n) is 3.09. The maximum Gasteiger partial charge on any atom is 0.243 e. The van der Waals surface area contributed by atoms with Crippen LogP contribution in [0.5, 0.6) is 0 Å². The van der Waals surface area contributed by atoms with Gasteiger partial charge in [-0.2, -0.15) is 9.41 Å². The molecule has 150 valence electrons. The molecular formula is C20H19ClN4O2S2. The van der Waals surface area contributed by atoms with Crippen molar-refractivity contribution in [3.8, 4) is 11.3 Å². The molecule has 3 aromatic rings. The summed E-state index contributed by atoms with van der Waals surface area (Å²) in [5.74, 6) is 0. The van der Waals surface area contributed by atoms with Crippen LogP contribution in [0, 0.1) is 0 Å².